The van der Waals surface area contributed by atoms with E-state index in [2.05, 4.69) is 5.32 Å². The molecular formula is C26H28ClN4O6+. The largest absolute Gasteiger partial charge is 0.493 e. The number of hydrogen-bond donors (Lipinski definition) is 3. The van der Waals surface area contributed by atoms with Gasteiger partial charge in [0.1, 0.15) is 17.9 Å². The Morgan fingerprint density at radius 1 is 1.14 bits per heavy atom. The number of anilines is 1. The molecule has 5 rings (SSSR count). The Balaban J connectivity index is 1.51. The van der Waals surface area contributed by atoms with Crippen LogP contribution >= 0.6 is 11.6 Å². The number of imide groups is 1. The fourth-order valence-corrected chi connectivity index (χ4v) is 6.28. The number of methoxy groups -OCH3 is 2. The maximum Gasteiger partial charge on any atom is 0.291 e. The molecule has 4 atom stereocenters. The van der Waals surface area contributed by atoms with E-state index in [4.69, 9.17) is 26.8 Å². The first kappa shape index (κ1) is 25.0. The lowest BCUT2D eigenvalue weighted by molar-refractivity contribution is -0.732. The van der Waals surface area contributed by atoms with E-state index in [1.807, 2.05) is 6.07 Å². The Hall–Kier alpha value is -3.63. The molecule has 11 heteroatoms. The van der Waals surface area contributed by atoms with Crippen molar-refractivity contribution in [3.05, 3.63) is 52.0 Å². The molecule has 2 aromatic rings. The summed E-state index contributed by atoms with van der Waals surface area (Å²) < 4.78 is 10.6. The number of nitrogens with two attached hydrogens (primary N) is 2. The minimum Gasteiger partial charge on any atom is -0.493 e. The van der Waals surface area contributed by atoms with Crippen LogP contribution in [-0.2, 0) is 31.1 Å². The van der Waals surface area contributed by atoms with E-state index >= 15 is 0 Å². The molecule has 194 valence electrons. The van der Waals surface area contributed by atoms with E-state index < -0.39 is 47.0 Å². The summed E-state index contributed by atoms with van der Waals surface area (Å²) in [5, 5.41) is 5.04. The molecule has 2 saturated heterocycles. The predicted molar refractivity (Wildman–Crippen MR) is 133 cm³/mol. The third-order valence-corrected chi connectivity index (χ3v) is 8.25. The van der Waals surface area contributed by atoms with E-state index in [0.717, 1.165) is 5.56 Å². The Morgan fingerprint density at radius 2 is 1.86 bits per heavy atom. The number of carbonyl (C=O) groups excluding carboxylic acids is 4. The van der Waals surface area contributed by atoms with E-state index in [-0.39, 0.29) is 13.0 Å². The van der Waals surface area contributed by atoms with Crippen molar-refractivity contribution in [2.45, 2.75) is 31.3 Å². The van der Waals surface area contributed by atoms with Gasteiger partial charge in [-0.2, -0.15) is 0 Å². The zero-order valence-corrected chi connectivity index (χ0v) is 21.4. The van der Waals surface area contributed by atoms with Crippen LogP contribution in [-0.4, -0.2) is 55.3 Å². The van der Waals surface area contributed by atoms with E-state index in [1.54, 1.807) is 43.6 Å². The highest BCUT2D eigenvalue weighted by molar-refractivity contribution is 6.32. The summed E-state index contributed by atoms with van der Waals surface area (Å²) in [7, 11) is 3.07. The first-order valence-electron chi connectivity index (χ1n) is 12.0. The van der Waals surface area contributed by atoms with Gasteiger partial charge in [-0.1, -0.05) is 17.7 Å². The maximum absolute atomic E-state index is 13.9. The number of rotatable bonds is 7. The molecule has 3 aliphatic heterocycles. The number of quaternary nitrogens is 1. The Morgan fingerprint density at radius 3 is 2.54 bits per heavy atom. The number of ether oxygens (including phenoxy) is 2. The second kappa shape index (κ2) is 9.04. The number of halogens is 1. The van der Waals surface area contributed by atoms with Crippen LogP contribution in [0.3, 0.4) is 0 Å². The average molecular weight is 528 g/mol. The minimum atomic E-state index is -1.39. The Kier molecular flexibility index (Phi) is 6.12. The summed E-state index contributed by atoms with van der Waals surface area (Å²) in [4.78, 5) is 54.2. The monoisotopic (exact) mass is 527 g/mol. The molecule has 3 aliphatic rings. The van der Waals surface area contributed by atoms with Crippen molar-refractivity contribution in [2.24, 2.45) is 17.6 Å². The number of nitrogens with zero attached hydrogens (tertiary/aromatic N) is 1. The van der Waals surface area contributed by atoms with Gasteiger partial charge >= 0.3 is 0 Å². The molecule has 5 N–H and O–H groups in total. The normalized spacial score (nSPS) is 25.9. The average Bonchev–Trinajstić information content (AvgIpc) is 3.44. The molecule has 0 aliphatic carbocycles. The van der Waals surface area contributed by atoms with Crippen LogP contribution in [0.2, 0.25) is 5.02 Å². The first-order chi connectivity index (χ1) is 17.6. The lowest BCUT2D eigenvalue weighted by atomic mass is 9.76. The molecule has 0 bridgehead atoms. The van der Waals surface area contributed by atoms with Gasteiger partial charge in [-0.3, -0.25) is 24.1 Å². The minimum absolute atomic E-state index is 0.119. The SMILES string of the molecule is COc1ccc(CCN2C(=O)[C@H]3[C@@H](C2=O)[C@]2([NH2+][C@@H]3CC(N)=O)C(=O)Nc3c2ccc(Cl)c3C)cc1OC. The number of fused-ring (bicyclic) bond motifs is 4. The van der Waals surface area contributed by atoms with Gasteiger partial charge in [0.05, 0.1) is 26.3 Å². The second-order valence-electron chi connectivity index (χ2n) is 9.69. The lowest BCUT2D eigenvalue weighted by Crippen LogP contribution is -2.99. The van der Waals surface area contributed by atoms with E-state index in [0.29, 0.717) is 39.8 Å². The number of carbonyl (C=O) groups is 4. The van der Waals surface area contributed by atoms with Crippen LogP contribution in [0.25, 0.3) is 0 Å². The molecular weight excluding hydrogens is 500 g/mol. The van der Waals surface area contributed by atoms with Crippen molar-refractivity contribution in [1.29, 1.82) is 0 Å². The number of hydrogen-bond acceptors (Lipinski definition) is 6. The van der Waals surface area contributed by atoms with Crippen LogP contribution in [0, 0.1) is 18.8 Å². The topological polar surface area (TPSA) is 145 Å². The van der Waals surface area contributed by atoms with Crippen LogP contribution in [0.4, 0.5) is 5.69 Å². The van der Waals surface area contributed by atoms with Crippen molar-refractivity contribution in [2.75, 3.05) is 26.1 Å². The van der Waals surface area contributed by atoms with Gasteiger partial charge in [-0.25, -0.2) is 0 Å². The van der Waals surface area contributed by atoms with Crippen molar-refractivity contribution < 1.29 is 34.0 Å². The third-order valence-electron chi connectivity index (χ3n) is 7.84. The molecule has 1 spiro atoms. The first-order valence-corrected chi connectivity index (χ1v) is 12.3. The smallest absolute Gasteiger partial charge is 0.291 e. The Labute approximate surface area is 218 Å². The van der Waals surface area contributed by atoms with Crippen molar-refractivity contribution >= 4 is 40.9 Å². The molecule has 4 amide bonds. The van der Waals surface area contributed by atoms with Gasteiger partial charge in [0, 0.05) is 17.1 Å². The number of benzene rings is 2. The third kappa shape index (κ3) is 3.66. The number of likely N-dealkylation sites (tertiary alicyclic amines) is 1. The zero-order valence-electron chi connectivity index (χ0n) is 20.7. The zero-order chi connectivity index (χ0) is 26.6. The van der Waals surface area contributed by atoms with Crippen LogP contribution in [0.5, 0.6) is 11.5 Å². The van der Waals surface area contributed by atoms with E-state index in [1.165, 1.54) is 12.0 Å². The fourth-order valence-electron chi connectivity index (χ4n) is 6.13. The van der Waals surface area contributed by atoms with Crippen molar-refractivity contribution in [1.82, 2.24) is 4.90 Å². The lowest BCUT2D eigenvalue weighted by Gasteiger charge is -2.26. The van der Waals surface area contributed by atoms with Gasteiger partial charge in [0.25, 0.3) is 5.91 Å². The second-order valence-corrected chi connectivity index (χ2v) is 10.1. The van der Waals surface area contributed by atoms with E-state index in [9.17, 15) is 19.2 Å². The summed E-state index contributed by atoms with van der Waals surface area (Å²) in [5.41, 5.74) is 6.77. The molecule has 37 heavy (non-hydrogen) atoms. The van der Waals surface area contributed by atoms with Gasteiger partial charge in [0.15, 0.2) is 11.5 Å². The highest BCUT2D eigenvalue weighted by Gasteiger charge is 2.74. The quantitative estimate of drug-likeness (QED) is 0.447. The molecule has 10 nitrogen and oxygen atoms in total. The summed E-state index contributed by atoms with van der Waals surface area (Å²) in [5.74, 6) is -2.57. The summed E-state index contributed by atoms with van der Waals surface area (Å²) in [6.45, 7) is 1.90. The number of nitrogens with one attached hydrogen (secondary N) is 1. The molecule has 0 radical (unpaired) electrons. The molecule has 2 fully saturated rings. The van der Waals surface area contributed by atoms with Crippen LogP contribution < -0.4 is 25.8 Å². The highest BCUT2D eigenvalue weighted by atomic mass is 35.5. The summed E-state index contributed by atoms with van der Waals surface area (Å²) in [6.07, 6.45) is 0.243. The van der Waals surface area contributed by atoms with Crippen molar-refractivity contribution in [3.63, 3.8) is 0 Å². The maximum atomic E-state index is 13.9. The summed E-state index contributed by atoms with van der Waals surface area (Å²) in [6, 6.07) is 8.13. The molecule has 0 saturated carbocycles. The van der Waals surface area contributed by atoms with Crippen LogP contribution in [0.1, 0.15) is 23.1 Å². The predicted octanol–water partition coefficient (Wildman–Crippen LogP) is 0.478. The number of amides is 4. The molecule has 0 aromatic heterocycles. The standard InChI is InChI=1S/C26H27ClN4O6/c1-12-15(27)6-5-14-22(12)29-25(35)26(14)21-20(16(30-26)11-19(28)32)23(33)31(24(21)34)9-8-13-4-7-17(36-2)18(10-13)37-3/h4-7,10,16,20-21,30H,8-9,11H2,1-3H3,(H2,28,32)(H,29,35)/p+1/t16-,20-,21+,26+/m1/s1. The van der Waals surface area contributed by atoms with Gasteiger partial charge in [-0.15, -0.1) is 0 Å². The van der Waals surface area contributed by atoms with Crippen LogP contribution in [0.15, 0.2) is 30.3 Å². The molecule has 0 unspecified atom stereocenters. The number of primary amides is 1. The van der Waals surface area contributed by atoms with Gasteiger partial charge < -0.3 is 25.8 Å². The highest BCUT2D eigenvalue weighted by Crippen LogP contribution is 2.50. The van der Waals surface area contributed by atoms with Crippen molar-refractivity contribution in [3.8, 4) is 11.5 Å². The van der Waals surface area contributed by atoms with Gasteiger partial charge in [-0.05, 0) is 48.7 Å². The summed E-state index contributed by atoms with van der Waals surface area (Å²) >= 11 is 6.29. The molecule has 2 aromatic carbocycles. The Bertz CT molecular complexity index is 1350. The molecule has 3 heterocycles. The fraction of sp³-hybridized carbons (Fsp3) is 0.385. The van der Waals surface area contributed by atoms with Gasteiger partial charge in [0.2, 0.25) is 23.3 Å².